The molecular formula is C19H27ClN2O5S. The van der Waals surface area contributed by atoms with Gasteiger partial charge in [-0.1, -0.05) is 25.4 Å². The van der Waals surface area contributed by atoms with Crippen molar-refractivity contribution in [1.82, 2.24) is 9.21 Å². The number of piperidine rings is 1. The Hall–Kier alpha value is -1.51. The van der Waals surface area contributed by atoms with Crippen LogP contribution in [0.2, 0.25) is 5.02 Å². The zero-order valence-electron chi connectivity index (χ0n) is 16.4. The lowest BCUT2D eigenvalue weighted by molar-refractivity contribution is 0.121. The quantitative estimate of drug-likeness (QED) is 0.691. The molecule has 0 radical (unpaired) electrons. The van der Waals surface area contributed by atoms with Crippen molar-refractivity contribution in [1.29, 1.82) is 0 Å². The second-order valence-corrected chi connectivity index (χ2v) is 10.0. The molecule has 156 valence electrons. The maximum absolute atomic E-state index is 13.1. The molecule has 2 heterocycles. The Labute approximate surface area is 171 Å². The fourth-order valence-corrected chi connectivity index (χ4v) is 5.88. The van der Waals surface area contributed by atoms with Crippen LogP contribution in [0.15, 0.2) is 23.1 Å². The Balaban J connectivity index is 1.73. The summed E-state index contributed by atoms with van der Waals surface area (Å²) in [6.07, 6.45) is 1.74. The van der Waals surface area contributed by atoms with Gasteiger partial charge in [-0.05, 0) is 43.4 Å². The molecule has 1 aromatic carbocycles. The summed E-state index contributed by atoms with van der Waals surface area (Å²) in [5.41, 5.74) is 0. The second-order valence-electron chi connectivity index (χ2n) is 7.70. The molecule has 0 aromatic heterocycles. The van der Waals surface area contributed by atoms with Gasteiger partial charge in [-0.2, -0.15) is 4.31 Å². The first-order chi connectivity index (χ1) is 13.2. The predicted octanol–water partition coefficient (Wildman–Crippen LogP) is 3.37. The number of hydrogen-bond donors (Lipinski definition) is 0. The molecule has 0 N–H and O–H groups in total. The molecular weight excluding hydrogens is 404 g/mol. The lowest BCUT2D eigenvalue weighted by Gasteiger charge is -2.37. The van der Waals surface area contributed by atoms with E-state index in [1.807, 2.05) is 4.90 Å². The van der Waals surface area contributed by atoms with Crippen molar-refractivity contribution in [2.24, 2.45) is 5.92 Å². The van der Waals surface area contributed by atoms with E-state index in [0.717, 1.165) is 6.42 Å². The van der Waals surface area contributed by atoms with Gasteiger partial charge in [0.2, 0.25) is 10.0 Å². The molecule has 2 aliphatic heterocycles. The lowest BCUT2D eigenvalue weighted by Crippen LogP contribution is -2.50. The van der Waals surface area contributed by atoms with Gasteiger partial charge in [-0.25, -0.2) is 13.2 Å². The van der Waals surface area contributed by atoms with E-state index in [-0.39, 0.29) is 28.8 Å². The Morgan fingerprint density at radius 2 is 1.96 bits per heavy atom. The second kappa shape index (κ2) is 8.47. The van der Waals surface area contributed by atoms with Gasteiger partial charge in [0.15, 0.2) is 0 Å². The number of halogens is 1. The van der Waals surface area contributed by atoms with Gasteiger partial charge in [0, 0.05) is 24.2 Å². The number of hydrogen-bond acceptors (Lipinski definition) is 5. The summed E-state index contributed by atoms with van der Waals surface area (Å²) < 4.78 is 38.1. The molecule has 1 amide bonds. The standard InChI is InChI=1S/C19H27ClN2O5S/c1-13(2)10-16-12-27-19(23)22(16)15-6-8-21(9-7-15)28(24,25)18-11-14(20)4-5-17(18)26-3/h4-5,11,13,15-16H,6-10,12H2,1-3H3. The lowest BCUT2D eigenvalue weighted by atomic mass is 9.99. The number of nitrogens with zero attached hydrogens (tertiary/aromatic N) is 2. The van der Waals surface area contributed by atoms with Crippen LogP contribution in [0.1, 0.15) is 33.1 Å². The van der Waals surface area contributed by atoms with Gasteiger partial charge in [-0.3, -0.25) is 4.90 Å². The third kappa shape index (κ3) is 4.23. The summed E-state index contributed by atoms with van der Waals surface area (Å²) in [5.74, 6) is 0.726. The number of carbonyl (C=O) groups is 1. The average Bonchev–Trinajstić information content (AvgIpc) is 3.01. The van der Waals surface area contributed by atoms with Crippen LogP contribution in [0, 0.1) is 5.92 Å². The SMILES string of the molecule is COc1ccc(Cl)cc1S(=O)(=O)N1CCC(N2C(=O)OCC2CC(C)C)CC1. The predicted molar refractivity (Wildman–Crippen MR) is 106 cm³/mol. The number of rotatable bonds is 6. The van der Waals surface area contributed by atoms with Gasteiger partial charge in [-0.15, -0.1) is 0 Å². The van der Waals surface area contributed by atoms with Crippen LogP contribution >= 0.6 is 11.6 Å². The molecule has 3 rings (SSSR count). The summed E-state index contributed by atoms with van der Waals surface area (Å²) in [7, 11) is -2.30. The van der Waals surface area contributed by atoms with Gasteiger partial charge in [0.05, 0.1) is 13.2 Å². The molecule has 2 fully saturated rings. The van der Waals surface area contributed by atoms with Crippen molar-refractivity contribution >= 4 is 27.7 Å². The van der Waals surface area contributed by atoms with Crippen LogP contribution < -0.4 is 4.74 Å². The van der Waals surface area contributed by atoms with E-state index in [0.29, 0.717) is 43.5 Å². The number of methoxy groups -OCH3 is 1. The van der Waals surface area contributed by atoms with Crippen LogP contribution in [0.4, 0.5) is 4.79 Å². The molecule has 1 unspecified atom stereocenters. The van der Waals surface area contributed by atoms with E-state index in [2.05, 4.69) is 13.8 Å². The van der Waals surface area contributed by atoms with Crippen molar-refractivity contribution in [3.8, 4) is 5.75 Å². The minimum absolute atomic E-state index is 0.00791. The van der Waals surface area contributed by atoms with Gasteiger partial charge >= 0.3 is 6.09 Å². The molecule has 0 spiro atoms. The molecule has 0 saturated carbocycles. The summed E-state index contributed by atoms with van der Waals surface area (Å²) >= 11 is 6.01. The Bertz CT molecular complexity index is 822. The molecule has 7 nitrogen and oxygen atoms in total. The Morgan fingerprint density at radius 3 is 2.57 bits per heavy atom. The van der Waals surface area contributed by atoms with Crippen molar-refractivity contribution < 1.29 is 22.7 Å². The maximum Gasteiger partial charge on any atom is 0.410 e. The molecule has 0 bridgehead atoms. The average molecular weight is 431 g/mol. The van der Waals surface area contributed by atoms with Gasteiger partial charge in [0.25, 0.3) is 0 Å². The van der Waals surface area contributed by atoms with Crippen LogP contribution in [0.25, 0.3) is 0 Å². The van der Waals surface area contributed by atoms with E-state index >= 15 is 0 Å². The summed E-state index contributed by atoms with van der Waals surface area (Å²) in [6.45, 7) is 5.32. The van der Waals surface area contributed by atoms with E-state index in [1.165, 1.54) is 17.5 Å². The Kier molecular flexibility index (Phi) is 6.41. The van der Waals surface area contributed by atoms with E-state index in [1.54, 1.807) is 12.1 Å². The first-order valence-electron chi connectivity index (χ1n) is 9.52. The molecule has 2 saturated heterocycles. The third-order valence-electron chi connectivity index (χ3n) is 5.31. The molecule has 28 heavy (non-hydrogen) atoms. The summed E-state index contributed by atoms with van der Waals surface area (Å²) in [6, 6.07) is 4.62. The zero-order chi connectivity index (χ0) is 20.5. The highest BCUT2D eigenvalue weighted by molar-refractivity contribution is 7.89. The molecule has 0 aliphatic carbocycles. The number of amides is 1. The van der Waals surface area contributed by atoms with Gasteiger partial charge in [0.1, 0.15) is 17.3 Å². The highest BCUT2D eigenvalue weighted by Gasteiger charge is 2.41. The van der Waals surface area contributed by atoms with Crippen molar-refractivity contribution in [3.63, 3.8) is 0 Å². The summed E-state index contributed by atoms with van der Waals surface area (Å²) in [4.78, 5) is 14.1. The Morgan fingerprint density at radius 1 is 1.29 bits per heavy atom. The van der Waals surface area contributed by atoms with E-state index in [9.17, 15) is 13.2 Å². The fraction of sp³-hybridized carbons (Fsp3) is 0.632. The molecule has 9 heteroatoms. The molecule has 1 aromatic rings. The first-order valence-corrected chi connectivity index (χ1v) is 11.3. The van der Waals surface area contributed by atoms with E-state index in [4.69, 9.17) is 21.1 Å². The van der Waals surface area contributed by atoms with Crippen molar-refractivity contribution in [2.45, 2.75) is 50.1 Å². The number of carbonyl (C=O) groups excluding carboxylic acids is 1. The van der Waals surface area contributed by atoms with Crippen molar-refractivity contribution in [2.75, 3.05) is 26.8 Å². The maximum atomic E-state index is 13.1. The largest absolute Gasteiger partial charge is 0.495 e. The van der Waals surface area contributed by atoms with E-state index < -0.39 is 10.0 Å². The molecule has 2 aliphatic rings. The fourth-order valence-electron chi connectivity index (χ4n) is 4.00. The summed E-state index contributed by atoms with van der Waals surface area (Å²) in [5, 5.41) is 0.339. The highest BCUT2D eigenvalue weighted by Crippen LogP contribution is 2.33. The topological polar surface area (TPSA) is 76.2 Å². The minimum Gasteiger partial charge on any atom is -0.495 e. The zero-order valence-corrected chi connectivity index (χ0v) is 18.0. The third-order valence-corrected chi connectivity index (χ3v) is 7.46. The number of sulfonamides is 1. The first kappa shape index (κ1) is 21.2. The van der Waals surface area contributed by atoms with Crippen LogP contribution in [0.5, 0.6) is 5.75 Å². The smallest absolute Gasteiger partial charge is 0.410 e. The number of benzene rings is 1. The monoisotopic (exact) mass is 430 g/mol. The molecule has 1 atom stereocenters. The highest BCUT2D eigenvalue weighted by atomic mass is 35.5. The minimum atomic E-state index is -3.73. The number of ether oxygens (including phenoxy) is 2. The number of cyclic esters (lactones) is 1. The van der Waals surface area contributed by atoms with Crippen LogP contribution in [-0.4, -0.2) is 62.6 Å². The van der Waals surface area contributed by atoms with Crippen LogP contribution in [0.3, 0.4) is 0 Å². The van der Waals surface area contributed by atoms with Gasteiger partial charge < -0.3 is 9.47 Å². The van der Waals surface area contributed by atoms with Crippen molar-refractivity contribution in [3.05, 3.63) is 23.2 Å². The van der Waals surface area contributed by atoms with Crippen LogP contribution in [-0.2, 0) is 14.8 Å². The normalized spacial score (nSPS) is 22.0.